The average molecular weight is 374 g/mol. The van der Waals surface area contributed by atoms with E-state index in [-0.39, 0.29) is 5.82 Å². The quantitative estimate of drug-likeness (QED) is 0.667. The minimum absolute atomic E-state index is 0.251. The summed E-state index contributed by atoms with van der Waals surface area (Å²) >= 11 is 3.23. The first-order valence-electron chi connectivity index (χ1n) is 7.27. The van der Waals surface area contributed by atoms with Gasteiger partial charge in [0, 0.05) is 44.3 Å². The molecule has 118 valence electrons. The van der Waals surface area contributed by atoms with Crippen LogP contribution in [0.3, 0.4) is 0 Å². The van der Waals surface area contributed by atoms with E-state index in [1.165, 1.54) is 6.07 Å². The topological polar surface area (TPSA) is 21.1 Å². The lowest BCUT2D eigenvalue weighted by molar-refractivity contribution is 0.619. The first-order valence-corrected chi connectivity index (χ1v) is 8.07. The van der Waals surface area contributed by atoms with Gasteiger partial charge >= 0.3 is 0 Å². The Bertz CT molecular complexity index is 809. The van der Waals surface area contributed by atoms with Crippen LogP contribution in [-0.2, 0) is 6.54 Å². The Labute approximate surface area is 143 Å². The van der Waals surface area contributed by atoms with Crippen molar-refractivity contribution >= 4 is 21.6 Å². The second kappa shape index (κ2) is 6.54. The van der Waals surface area contributed by atoms with Crippen LogP contribution in [-0.4, -0.2) is 23.6 Å². The first kappa shape index (κ1) is 15.7. The highest BCUT2D eigenvalue weighted by molar-refractivity contribution is 9.10. The number of hydrogen-bond donors (Lipinski definition) is 0. The van der Waals surface area contributed by atoms with Gasteiger partial charge in [0.2, 0.25) is 0 Å². The summed E-state index contributed by atoms with van der Waals surface area (Å²) in [5, 5.41) is 0. The van der Waals surface area contributed by atoms with E-state index in [0.29, 0.717) is 11.0 Å². The lowest BCUT2D eigenvalue weighted by Crippen LogP contribution is -2.08. The average Bonchev–Trinajstić information content (AvgIpc) is 2.99. The zero-order valence-corrected chi connectivity index (χ0v) is 14.6. The van der Waals surface area contributed by atoms with Crippen LogP contribution in [0.5, 0.6) is 0 Å². The predicted octanol–water partition coefficient (Wildman–Crippen LogP) is 4.57. The number of nitrogens with zero attached hydrogens (tertiary/aromatic N) is 3. The van der Waals surface area contributed by atoms with Crippen molar-refractivity contribution in [1.29, 1.82) is 0 Å². The summed E-state index contributed by atoms with van der Waals surface area (Å²) in [6, 6.07) is 13.3. The Kier molecular flexibility index (Phi) is 4.48. The van der Waals surface area contributed by atoms with Crippen LogP contribution in [0.1, 0.15) is 5.56 Å². The molecule has 0 bridgehead atoms. The summed E-state index contributed by atoms with van der Waals surface area (Å²) < 4.78 is 15.9. The molecular weight excluding hydrogens is 357 g/mol. The van der Waals surface area contributed by atoms with Crippen molar-refractivity contribution in [2.45, 2.75) is 6.54 Å². The number of halogens is 2. The molecule has 1 aromatic heterocycles. The van der Waals surface area contributed by atoms with Gasteiger partial charge in [0.25, 0.3) is 0 Å². The van der Waals surface area contributed by atoms with E-state index >= 15 is 0 Å². The van der Waals surface area contributed by atoms with E-state index < -0.39 is 0 Å². The van der Waals surface area contributed by atoms with Crippen LogP contribution < -0.4 is 4.90 Å². The summed E-state index contributed by atoms with van der Waals surface area (Å²) in [5.41, 5.74) is 3.22. The van der Waals surface area contributed by atoms with Gasteiger partial charge < -0.3 is 9.47 Å². The van der Waals surface area contributed by atoms with Gasteiger partial charge in [0.1, 0.15) is 11.6 Å². The van der Waals surface area contributed by atoms with Crippen molar-refractivity contribution in [1.82, 2.24) is 9.55 Å². The number of benzene rings is 2. The third kappa shape index (κ3) is 3.45. The summed E-state index contributed by atoms with van der Waals surface area (Å²) in [6.07, 6.45) is 3.72. The van der Waals surface area contributed by atoms with E-state index in [0.717, 1.165) is 22.6 Å². The molecule has 3 nitrogen and oxygen atoms in total. The van der Waals surface area contributed by atoms with E-state index in [1.807, 2.05) is 20.3 Å². The fourth-order valence-electron chi connectivity index (χ4n) is 2.44. The Balaban J connectivity index is 1.88. The maximum atomic E-state index is 13.4. The zero-order valence-electron chi connectivity index (χ0n) is 13.0. The van der Waals surface area contributed by atoms with Gasteiger partial charge in [-0.2, -0.15) is 0 Å². The molecule has 0 N–H and O–H groups in total. The van der Waals surface area contributed by atoms with E-state index in [4.69, 9.17) is 0 Å². The van der Waals surface area contributed by atoms with Crippen LogP contribution in [0.15, 0.2) is 59.3 Å². The van der Waals surface area contributed by atoms with Gasteiger partial charge in [-0.3, -0.25) is 0 Å². The molecule has 0 fully saturated rings. The molecule has 0 atom stereocenters. The lowest BCUT2D eigenvalue weighted by Gasteiger charge is -2.13. The molecule has 3 aromatic rings. The number of rotatable bonds is 4. The van der Waals surface area contributed by atoms with Gasteiger partial charge in [-0.25, -0.2) is 9.37 Å². The lowest BCUT2D eigenvalue weighted by atomic mass is 10.1. The third-order valence-corrected chi connectivity index (χ3v) is 4.30. The molecule has 0 unspecified atom stereocenters. The Morgan fingerprint density at radius 3 is 2.52 bits per heavy atom. The van der Waals surface area contributed by atoms with Crippen molar-refractivity contribution < 1.29 is 4.39 Å². The van der Waals surface area contributed by atoms with Crippen molar-refractivity contribution in [3.63, 3.8) is 0 Å². The number of hydrogen-bond acceptors (Lipinski definition) is 2. The van der Waals surface area contributed by atoms with E-state index in [1.54, 1.807) is 18.3 Å². The van der Waals surface area contributed by atoms with Crippen LogP contribution in [0.25, 0.3) is 11.4 Å². The molecule has 0 aliphatic rings. The molecule has 3 rings (SSSR count). The zero-order chi connectivity index (χ0) is 16.4. The summed E-state index contributed by atoms with van der Waals surface area (Å²) in [6.45, 7) is 0.643. The molecule has 1 heterocycles. The smallest absolute Gasteiger partial charge is 0.140 e. The van der Waals surface area contributed by atoms with Crippen LogP contribution in [0, 0.1) is 5.82 Å². The van der Waals surface area contributed by atoms with Gasteiger partial charge in [-0.05, 0) is 57.9 Å². The van der Waals surface area contributed by atoms with Crippen molar-refractivity contribution in [3.8, 4) is 11.4 Å². The van der Waals surface area contributed by atoms with Crippen molar-refractivity contribution in [2.24, 2.45) is 0 Å². The van der Waals surface area contributed by atoms with Gasteiger partial charge in [-0.15, -0.1) is 0 Å². The molecule has 0 spiro atoms. The minimum atomic E-state index is -0.251. The fraction of sp³-hybridized carbons (Fsp3) is 0.167. The number of anilines is 1. The normalized spacial score (nSPS) is 10.8. The van der Waals surface area contributed by atoms with Crippen molar-refractivity contribution in [2.75, 3.05) is 19.0 Å². The standard InChI is InChI=1S/C18H17BrFN3/c1-22(2)15-6-4-14(5-7-15)18-21-9-10-23(18)12-13-3-8-17(20)16(19)11-13/h3-11H,12H2,1-2H3. The molecule has 23 heavy (non-hydrogen) atoms. The third-order valence-electron chi connectivity index (χ3n) is 3.69. The highest BCUT2D eigenvalue weighted by Gasteiger charge is 2.08. The molecule has 0 aliphatic heterocycles. The summed E-state index contributed by atoms with van der Waals surface area (Å²) in [7, 11) is 4.03. The Morgan fingerprint density at radius 1 is 1.13 bits per heavy atom. The van der Waals surface area contributed by atoms with Gasteiger partial charge in [0.05, 0.1) is 4.47 Å². The van der Waals surface area contributed by atoms with E-state index in [2.05, 4.69) is 54.6 Å². The molecule has 0 radical (unpaired) electrons. The molecule has 0 aliphatic carbocycles. The second-order valence-electron chi connectivity index (χ2n) is 5.57. The largest absolute Gasteiger partial charge is 0.378 e. The fourth-order valence-corrected chi connectivity index (χ4v) is 2.87. The van der Waals surface area contributed by atoms with Crippen molar-refractivity contribution in [3.05, 3.63) is 70.7 Å². The van der Waals surface area contributed by atoms with Gasteiger partial charge in [0.15, 0.2) is 0 Å². The highest BCUT2D eigenvalue weighted by Crippen LogP contribution is 2.23. The van der Waals surface area contributed by atoms with Crippen LogP contribution >= 0.6 is 15.9 Å². The molecule has 0 saturated heterocycles. The summed E-state index contributed by atoms with van der Waals surface area (Å²) in [5.74, 6) is 0.648. The maximum absolute atomic E-state index is 13.4. The molecule has 0 amide bonds. The maximum Gasteiger partial charge on any atom is 0.140 e. The number of aromatic nitrogens is 2. The highest BCUT2D eigenvalue weighted by atomic mass is 79.9. The SMILES string of the molecule is CN(C)c1ccc(-c2nccn2Cc2ccc(F)c(Br)c2)cc1. The predicted molar refractivity (Wildman–Crippen MR) is 95.2 cm³/mol. The van der Waals surface area contributed by atoms with Crippen LogP contribution in [0.4, 0.5) is 10.1 Å². The second-order valence-corrected chi connectivity index (χ2v) is 6.42. The molecule has 0 saturated carbocycles. The molecule has 2 aromatic carbocycles. The molecule has 5 heteroatoms. The first-order chi connectivity index (χ1) is 11.0. The van der Waals surface area contributed by atoms with Crippen LogP contribution in [0.2, 0.25) is 0 Å². The van der Waals surface area contributed by atoms with Gasteiger partial charge in [-0.1, -0.05) is 6.07 Å². The van der Waals surface area contributed by atoms with E-state index in [9.17, 15) is 4.39 Å². The monoisotopic (exact) mass is 373 g/mol. The minimum Gasteiger partial charge on any atom is -0.378 e. The summed E-state index contributed by atoms with van der Waals surface area (Å²) in [4.78, 5) is 6.52. The Hall–Kier alpha value is -2.14. The number of imidazole rings is 1. The Morgan fingerprint density at radius 2 is 1.87 bits per heavy atom. The molecular formula is C18H17BrFN3.